The van der Waals surface area contributed by atoms with E-state index in [1.807, 2.05) is 32.2 Å². The van der Waals surface area contributed by atoms with Crippen LogP contribution in [0.15, 0.2) is 30.5 Å². The van der Waals surface area contributed by atoms with E-state index in [4.69, 9.17) is 11.6 Å². The summed E-state index contributed by atoms with van der Waals surface area (Å²) in [4.78, 5) is 28.6. The smallest absolute Gasteiger partial charge is 0.260 e. The van der Waals surface area contributed by atoms with Crippen LogP contribution in [0.3, 0.4) is 0 Å². The van der Waals surface area contributed by atoms with Gasteiger partial charge in [0.1, 0.15) is 5.82 Å². The van der Waals surface area contributed by atoms with E-state index >= 15 is 0 Å². The van der Waals surface area contributed by atoms with Gasteiger partial charge < -0.3 is 14.8 Å². The van der Waals surface area contributed by atoms with Crippen molar-refractivity contribution in [1.29, 1.82) is 0 Å². The molecule has 0 unspecified atom stereocenters. The van der Waals surface area contributed by atoms with Gasteiger partial charge in [0.2, 0.25) is 0 Å². The third-order valence-electron chi connectivity index (χ3n) is 4.25. The molecular weight excluding hydrogens is 326 g/mol. The van der Waals surface area contributed by atoms with Crippen LogP contribution in [0.2, 0.25) is 5.02 Å². The summed E-state index contributed by atoms with van der Waals surface area (Å²) >= 11 is 6.14. The van der Waals surface area contributed by atoms with Crippen LogP contribution in [-0.2, 0) is 0 Å². The first kappa shape index (κ1) is 15.0. The van der Waals surface area contributed by atoms with Crippen LogP contribution < -0.4 is 9.80 Å². The zero-order chi connectivity index (χ0) is 16.8. The van der Waals surface area contributed by atoms with E-state index in [2.05, 4.69) is 19.9 Å². The summed E-state index contributed by atoms with van der Waals surface area (Å²) in [5.74, 6) is 0.687. The molecule has 1 N–H and O–H groups in total. The lowest BCUT2D eigenvalue weighted by atomic mass is 10.1. The lowest BCUT2D eigenvalue weighted by Crippen LogP contribution is -2.42. The van der Waals surface area contributed by atoms with E-state index in [-0.39, 0.29) is 5.91 Å². The molecule has 0 fully saturated rings. The lowest BCUT2D eigenvalue weighted by molar-refractivity contribution is 0.0986. The van der Waals surface area contributed by atoms with Crippen molar-refractivity contribution in [2.45, 2.75) is 6.92 Å². The molecule has 0 radical (unpaired) electrons. The molecule has 0 bridgehead atoms. The van der Waals surface area contributed by atoms with E-state index in [0.29, 0.717) is 22.8 Å². The second-order valence-corrected chi connectivity index (χ2v) is 6.37. The number of fused-ring (bicyclic) bond motifs is 2. The summed E-state index contributed by atoms with van der Waals surface area (Å²) in [6.45, 7) is 3.23. The van der Waals surface area contributed by atoms with Gasteiger partial charge in [0.05, 0.1) is 22.5 Å². The molecule has 3 aromatic rings. The van der Waals surface area contributed by atoms with Gasteiger partial charge in [-0.2, -0.15) is 0 Å². The van der Waals surface area contributed by atoms with Crippen LogP contribution in [0.5, 0.6) is 0 Å². The zero-order valence-electron chi connectivity index (χ0n) is 13.4. The van der Waals surface area contributed by atoms with Crippen LogP contribution >= 0.6 is 11.6 Å². The highest BCUT2D eigenvalue weighted by Gasteiger charge is 2.26. The highest BCUT2D eigenvalue weighted by molar-refractivity contribution is 6.31. The topological polar surface area (TPSA) is 65.1 Å². The highest BCUT2D eigenvalue weighted by Crippen LogP contribution is 2.35. The minimum absolute atomic E-state index is 0.0896. The number of hydrogen-bond donors (Lipinski definition) is 1. The van der Waals surface area contributed by atoms with E-state index in [0.717, 1.165) is 29.3 Å². The Labute approximate surface area is 144 Å². The SMILES string of the molecule is Cc1nc2ncc(C(=O)N3CCN(C)c4ccc(Cl)cc43)cc2[nH]1. The first-order valence-electron chi connectivity index (χ1n) is 7.68. The molecule has 24 heavy (non-hydrogen) atoms. The molecule has 6 nitrogen and oxygen atoms in total. The largest absolute Gasteiger partial charge is 0.371 e. The molecule has 4 rings (SSSR count). The van der Waals surface area contributed by atoms with Crippen LogP contribution in [0, 0.1) is 6.92 Å². The van der Waals surface area contributed by atoms with Gasteiger partial charge in [0.15, 0.2) is 5.65 Å². The summed E-state index contributed by atoms with van der Waals surface area (Å²) in [6.07, 6.45) is 1.58. The maximum atomic E-state index is 13.0. The average Bonchev–Trinajstić information content (AvgIpc) is 2.93. The molecule has 0 spiro atoms. The Morgan fingerprint density at radius 2 is 2.08 bits per heavy atom. The molecule has 0 aliphatic carbocycles. The van der Waals surface area contributed by atoms with Gasteiger partial charge in [0, 0.05) is 31.4 Å². The normalized spacial score (nSPS) is 14.1. The van der Waals surface area contributed by atoms with Gasteiger partial charge in [-0.05, 0) is 31.2 Å². The fraction of sp³-hybridized carbons (Fsp3) is 0.235. The number of amides is 1. The van der Waals surface area contributed by atoms with E-state index in [9.17, 15) is 4.79 Å². The summed E-state index contributed by atoms with van der Waals surface area (Å²) in [5, 5.41) is 0.611. The van der Waals surface area contributed by atoms with Crippen molar-refractivity contribution < 1.29 is 4.79 Å². The van der Waals surface area contributed by atoms with Crippen molar-refractivity contribution >= 4 is 40.0 Å². The molecular formula is C17H16ClN5O. The maximum Gasteiger partial charge on any atom is 0.260 e. The monoisotopic (exact) mass is 341 g/mol. The van der Waals surface area contributed by atoms with Crippen molar-refractivity contribution in [1.82, 2.24) is 15.0 Å². The van der Waals surface area contributed by atoms with Crippen LogP contribution in [-0.4, -0.2) is 41.0 Å². The van der Waals surface area contributed by atoms with Crippen LogP contribution in [0.1, 0.15) is 16.2 Å². The number of nitrogens with zero attached hydrogens (tertiary/aromatic N) is 4. The van der Waals surface area contributed by atoms with Crippen LogP contribution in [0.25, 0.3) is 11.2 Å². The molecule has 0 saturated heterocycles. The van der Waals surface area contributed by atoms with Crippen LogP contribution in [0.4, 0.5) is 11.4 Å². The van der Waals surface area contributed by atoms with Crippen molar-refractivity contribution in [3.8, 4) is 0 Å². The molecule has 1 aliphatic heterocycles. The Kier molecular flexibility index (Phi) is 3.42. The second kappa shape index (κ2) is 5.49. The molecule has 7 heteroatoms. The number of H-pyrrole nitrogens is 1. The van der Waals surface area contributed by atoms with E-state index in [1.54, 1.807) is 17.2 Å². The van der Waals surface area contributed by atoms with Gasteiger partial charge in [-0.15, -0.1) is 0 Å². The van der Waals surface area contributed by atoms with E-state index < -0.39 is 0 Å². The van der Waals surface area contributed by atoms with Gasteiger partial charge in [-0.25, -0.2) is 9.97 Å². The molecule has 2 aromatic heterocycles. The number of hydrogen-bond acceptors (Lipinski definition) is 4. The van der Waals surface area contributed by atoms with Crippen molar-refractivity contribution in [2.24, 2.45) is 0 Å². The highest BCUT2D eigenvalue weighted by atomic mass is 35.5. The summed E-state index contributed by atoms with van der Waals surface area (Å²) in [5.41, 5.74) is 3.72. The number of aromatic amines is 1. The number of nitrogens with one attached hydrogen (secondary N) is 1. The molecule has 0 atom stereocenters. The molecule has 1 aromatic carbocycles. The number of aryl methyl sites for hydroxylation is 1. The third-order valence-corrected chi connectivity index (χ3v) is 4.48. The number of likely N-dealkylation sites (N-methyl/N-ethyl adjacent to an activating group) is 1. The zero-order valence-corrected chi connectivity index (χ0v) is 14.1. The number of carbonyl (C=O) groups is 1. The Bertz CT molecular complexity index is 951. The number of rotatable bonds is 1. The Hall–Kier alpha value is -2.60. The standard InChI is InChI=1S/C17H16ClN5O/c1-10-20-13-7-11(9-19-16(13)21-10)17(24)23-6-5-22(2)14-4-3-12(18)8-15(14)23/h3-4,7-9H,5-6H2,1-2H3,(H,19,20,21). The van der Waals surface area contributed by atoms with Gasteiger partial charge in [0.25, 0.3) is 5.91 Å². The minimum Gasteiger partial charge on any atom is -0.371 e. The average molecular weight is 342 g/mol. The predicted octanol–water partition coefficient (Wildman–Crippen LogP) is 3.02. The molecule has 1 aliphatic rings. The molecule has 122 valence electrons. The van der Waals surface area contributed by atoms with Gasteiger partial charge in [-0.3, -0.25) is 4.79 Å². The third kappa shape index (κ3) is 2.39. The first-order chi connectivity index (χ1) is 11.5. The molecule has 1 amide bonds. The Balaban J connectivity index is 1.76. The van der Waals surface area contributed by atoms with Gasteiger partial charge >= 0.3 is 0 Å². The molecule has 3 heterocycles. The summed E-state index contributed by atoms with van der Waals surface area (Å²) < 4.78 is 0. The summed E-state index contributed by atoms with van der Waals surface area (Å²) in [6, 6.07) is 7.41. The van der Waals surface area contributed by atoms with Gasteiger partial charge in [-0.1, -0.05) is 11.6 Å². The first-order valence-corrected chi connectivity index (χ1v) is 8.05. The number of anilines is 2. The Morgan fingerprint density at radius 1 is 1.25 bits per heavy atom. The Morgan fingerprint density at radius 3 is 2.92 bits per heavy atom. The predicted molar refractivity (Wildman–Crippen MR) is 95.0 cm³/mol. The number of carbonyl (C=O) groups excluding carboxylic acids is 1. The molecule has 0 saturated carbocycles. The maximum absolute atomic E-state index is 13.0. The fourth-order valence-corrected chi connectivity index (χ4v) is 3.20. The fourth-order valence-electron chi connectivity index (χ4n) is 3.03. The minimum atomic E-state index is -0.0896. The number of halogens is 1. The lowest BCUT2D eigenvalue weighted by Gasteiger charge is -2.35. The second-order valence-electron chi connectivity index (χ2n) is 5.93. The van der Waals surface area contributed by atoms with E-state index in [1.165, 1.54) is 0 Å². The number of aromatic nitrogens is 3. The van der Waals surface area contributed by atoms with Crippen molar-refractivity contribution in [3.05, 3.63) is 46.9 Å². The number of pyridine rings is 1. The van der Waals surface area contributed by atoms with Crippen molar-refractivity contribution in [2.75, 3.05) is 29.9 Å². The number of benzene rings is 1. The number of imidazole rings is 1. The quantitative estimate of drug-likeness (QED) is 0.739. The van der Waals surface area contributed by atoms with Crippen molar-refractivity contribution in [3.63, 3.8) is 0 Å². The summed E-state index contributed by atoms with van der Waals surface area (Å²) in [7, 11) is 2.01.